The molecule has 2 saturated heterocycles. The normalized spacial score (nSPS) is 18.0. The summed E-state index contributed by atoms with van der Waals surface area (Å²) >= 11 is 0. The standard InChI is InChI=1S/C18H22N4O3.2C2HF3O2/c23-22(24)16-5-6-17(18-15(16)4-1-7-19-18)21-10-8-20(9-11-21)13-14-3-2-12-25-14;2*3-2(4,5)1(6)7/h1,4-7,14H,2-3,8-13H2;2*(H,6,7). The first-order valence-electron chi connectivity index (χ1n) is 11.3. The number of halogens is 6. The van der Waals surface area contributed by atoms with E-state index in [4.69, 9.17) is 24.5 Å². The van der Waals surface area contributed by atoms with Crippen LogP contribution in [0, 0.1) is 10.1 Å². The molecule has 1 unspecified atom stereocenters. The highest BCUT2D eigenvalue weighted by molar-refractivity contribution is 5.97. The van der Waals surface area contributed by atoms with Crippen molar-refractivity contribution in [2.24, 2.45) is 0 Å². The highest BCUT2D eigenvalue weighted by Gasteiger charge is 2.38. The minimum atomic E-state index is -5.08. The Morgan fingerprint density at radius 2 is 1.59 bits per heavy atom. The third-order valence-corrected chi connectivity index (χ3v) is 5.61. The smallest absolute Gasteiger partial charge is 0.475 e. The Bertz CT molecular complexity index is 1120. The fourth-order valence-corrected chi connectivity index (χ4v) is 3.80. The zero-order valence-corrected chi connectivity index (χ0v) is 20.1. The largest absolute Gasteiger partial charge is 0.490 e. The molecule has 17 heteroatoms. The van der Waals surface area contributed by atoms with Crippen molar-refractivity contribution in [3.8, 4) is 0 Å². The Morgan fingerprint density at radius 3 is 2.05 bits per heavy atom. The second kappa shape index (κ2) is 13.4. The number of aliphatic carboxylic acids is 2. The summed E-state index contributed by atoms with van der Waals surface area (Å²) in [5.74, 6) is -5.51. The van der Waals surface area contributed by atoms with Gasteiger partial charge in [-0.2, -0.15) is 26.3 Å². The molecule has 2 aliphatic heterocycles. The van der Waals surface area contributed by atoms with Gasteiger partial charge in [0.15, 0.2) is 0 Å². The van der Waals surface area contributed by atoms with Crippen LogP contribution in [-0.2, 0) is 14.3 Å². The Kier molecular flexibility index (Phi) is 10.8. The van der Waals surface area contributed by atoms with Gasteiger partial charge in [0.05, 0.1) is 22.1 Å². The van der Waals surface area contributed by atoms with E-state index in [0.717, 1.165) is 51.4 Å². The van der Waals surface area contributed by atoms with Crippen LogP contribution >= 0.6 is 0 Å². The van der Waals surface area contributed by atoms with Crippen molar-refractivity contribution < 1.29 is 55.8 Å². The Hall–Kier alpha value is -3.73. The number of hydrogen-bond donors (Lipinski definition) is 2. The quantitative estimate of drug-likeness (QED) is 0.317. The minimum absolute atomic E-state index is 0.115. The van der Waals surface area contributed by atoms with Crippen LogP contribution < -0.4 is 4.90 Å². The zero-order valence-electron chi connectivity index (χ0n) is 20.1. The summed E-state index contributed by atoms with van der Waals surface area (Å²) in [6.45, 7) is 5.65. The Labute approximate surface area is 216 Å². The van der Waals surface area contributed by atoms with E-state index in [2.05, 4.69) is 14.8 Å². The first-order valence-corrected chi connectivity index (χ1v) is 11.3. The Balaban J connectivity index is 0.000000317. The molecule has 1 atom stereocenters. The first-order chi connectivity index (χ1) is 18.1. The summed E-state index contributed by atoms with van der Waals surface area (Å²) in [5, 5.41) is 26.1. The van der Waals surface area contributed by atoms with Gasteiger partial charge in [-0.3, -0.25) is 20.0 Å². The number of alkyl halides is 6. The summed E-state index contributed by atoms with van der Waals surface area (Å²) in [7, 11) is 0. The van der Waals surface area contributed by atoms with Crippen LogP contribution in [0.15, 0.2) is 30.5 Å². The molecule has 1 aromatic carbocycles. The number of fused-ring (bicyclic) bond motifs is 1. The van der Waals surface area contributed by atoms with E-state index in [1.165, 1.54) is 6.42 Å². The van der Waals surface area contributed by atoms with Crippen molar-refractivity contribution in [1.82, 2.24) is 9.88 Å². The molecule has 0 amide bonds. The summed E-state index contributed by atoms with van der Waals surface area (Å²) in [6, 6.07) is 6.96. The van der Waals surface area contributed by atoms with Gasteiger partial charge < -0.3 is 19.8 Å². The number of aromatic nitrogens is 1. The SMILES string of the molecule is O=C(O)C(F)(F)F.O=C(O)C(F)(F)F.O=[N+]([O-])c1ccc(N2CCN(CC3CCCO3)CC2)c2ncccc12. The molecule has 2 fully saturated rings. The number of nitrogens with zero attached hydrogens (tertiary/aromatic N) is 4. The highest BCUT2D eigenvalue weighted by atomic mass is 19.4. The molecule has 4 rings (SSSR count). The molecular formula is C22H24F6N4O7. The Morgan fingerprint density at radius 1 is 1.03 bits per heavy atom. The van der Waals surface area contributed by atoms with Gasteiger partial charge in [-0.05, 0) is 31.0 Å². The zero-order chi connectivity index (χ0) is 29.4. The first kappa shape index (κ1) is 31.5. The topological polar surface area (TPSA) is 146 Å². The number of piperazine rings is 1. The van der Waals surface area contributed by atoms with E-state index >= 15 is 0 Å². The maximum atomic E-state index is 11.3. The van der Waals surface area contributed by atoms with E-state index in [9.17, 15) is 36.5 Å². The lowest BCUT2D eigenvalue weighted by atomic mass is 10.1. The number of hydrogen-bond acceptors (Lipinski definition) is 8. The van der Waals surface area contributed by atoms with Gasteiger partial charge in [0.1, 0.15) is 5.52 Å². The maximum Gasteiger partial charge on any atom is 0.490 e. The summed E-state index contributed by atoms with van der Waals surface area (Å²) in [4.78, 5) is 37.9. The molecule has 0 spiro atoms. The van der Waals surface area contributed by atoms with Gasteiger partial charge in [0, 0.05) is 51.6 Å². The lowest BCUT2D eigenvalue weighted by molar-refractivity contribution is -0.383. The highest BCUT2D eigenvalue weighted by Crippen LogP contribution is 2.32. The van der Waals surface area contributed by atoms with Gasteiger partial charge in [-0.25, -0.2) is 9.59 Å². The fraction of sp³-hybridized carbons (Fsp3) is 0.500. The number of rotatable bonds is 4. The number of benzene rings is 1. The molecule has 0 bridgehead atoms. The van der Waals surface area contributed by atoms with Gasteiger partial charge in [-0.15, -0.1) is 0 Å². The molecule has 0 radical (unpaired) electrons. The number of nitro benzene ring substituents is 1. The number of ether oxygens (including phenoxy) is 1. The van der Waals surface area contributed by atoms with Gasteiger partial charge >= 0.3 is 24.3 Å². The van der Waals surface area contributed by atoms with Crippen molar-refractivity contribution in [3.63, 3.8) is 0 Å². The predicted octanol–water partition coefficient (Wildman–Crippen LogP) is 3.71. The predicted molar refractivity (Wildman–Crippen MR) is 123 cm³/mol. The van der Waals surface area contributed by atoms with Crippen molar-refractivity contribution in [2.45, 2.75) is 31.3 Å². The van der Waals surface area contributed by atoms with E-state index in [1.807, 2.05) is 6.07 Å². The molecule has 11 nitrogen and oxygen atoms in total. The van der Waals surface area contributed by atoms with Crippen molar-refractivity contribution >= 4 is 34.2 Å². The second-order valence-corrected chi connectivity index (χ2v) is 8.29. The number of carbonyl (C=O) groups is 2. The number of non-ortho nitro benzene ring substituents is 1. The monoisotopic (exact) mass is 570 g/mol. The summed E-state index contributed by atoms with van der Waals surface area (Å²) < 4.78 is 69.2. The maximum absolute atomic E-state index is 11.3. The lowest BCUT2D eigenvalue weighted by Gasteiger charge is -2.37. The van der Waals surface area contributed by atoms with Gasteiger partial charge in [0.2, 0.25) is 0 Å². The second-order valence-electron chi connectivity index (χ2n) is 8.29. The van der Waals surface area contributed by atoms with E-state index in [1.54, 1.807) is 24.4 Å². The number of pyridine rings is 1. The molecule has 1 aromatic heterocycles. The molecule has 2 aliphatic rings. The van der Waals surface area contributed by atoms with Crippen LogP contribution in [0.4, 0.5) is 37.7 Å². The molecule has 0 aliphatic carbocycles. The van der Waals surface area contributed by atoms with E-state index in [-0.39, 0.29) is 10.6 Å². The van der Waals surface area contributed by atoms with E-state index < -0.39 is 24.3 Å². The number of carboxylic acid groups (broad SMARTS) is 2. The molecule has 2 N–H and O–H groups in total. The molecule has 0 saturated carbocycles. The number of nitro groups is 1. The molecular weight excluding hydrogens is 546 g/mol. The number of anilines is 1. The van der Waals surface area contributed by atoms with E-state index in [0.29, 0.717) is 17.0 Å². The third kappa shape index (κ3) is 9.51. The van der Waals surface area contributed by atoms with Gasteiger partial charge in [-0.1, -0.05) is 0 Å². The summed E-state index contributed by atoms with van der Waals surface area (Å²) in [5.41, 5.74) is 1.81. The average molecular weight is 570 g/mol. The van der Waals surface area contributed by atoms with Crippen LogP contribution in [0.25, 0.3) is 10.9 Å². The molecule has 2 aromatic rings. The van der Waals surface area contributed by atoms with Crippen molar-refractivity contribution in [3.05, 3.63) is 40.6 Å². The molecule has 216 valence electrons. The lowest BCUT2D eigenvalue weighted by Crippen LogP contribution is -2.48. The van der Waals surface area contributed by atoms with Crippen LogP contribution in [0.1, 0.15) is 12.8 Å². The average Bonchev–Trinajstić information content (AvgIpc) is 3.36. The van der Waals surface area contributed by atoms with Crippen LogP contribution in [0.2, 0.25) is 0 Å². The van der Waals surface area contributed by atoms with Crippen LogP contribution in [0.5, 0.6) is 0 Å². The van der Waals surface area contributed by atoms with Crippen molar-refractivity contribution in [2.75, 3.05) is 44.2 Å². The third-order valence-electron chi connectivity index (χ3n) is 5.61. The minimum Gasteiger partial charge on any atom is -0.475 e. The summed E-state index contributed by atoms with van der Waals surface area (Å²) in [6.07, 6.45) is -5.75. The van der Waals surface area contributed by atoms with Crippen LogP contribution in [-0.4, -0.2) is 94.7 Å². The van der Waals surface area contributed by atoms with Crippen LogP contribution in [0.3, 0.4) is 0 Å². The number of carboxylic acids is 2. The van der Waals surface area contributed by atoms with Crippen molar-refractivity contribution in [1.29, 1.82) is 0 Å². The molecule has 39 heavy (non-hydrogen) atoms. The van der Waals surface area contributed by atoms with Gasteiger partial charge in [0.25, 0.3) is 5.69 Å². The molecule has 3 heterocycles. The fourth-order valence-electron chi connectivity index (χ4n) is 3.80.